The number of rotatable bonds is 4. The highest BCUT2D eigenvalue weighted by molar-refractivity contribution is 5.45. The first-order chi connectivity index (χ1) is 14.3. The molecule has 1 atom stereocenters. The van der Waals surface area contributed by atoms with Crippen molar-refractivity contribution in [2.75, 3.05) is 0 Å². The van der Waals surface area contributed by atoms with Crippen LogP contribution in [0.5, 0.6) is 0 Å². The van der Waals surface area contributed by atoms with E-state index < -0.39 is 34.6 Å². The van der Waals surface area contributed by atoms with Crippen molar-refractivity contribution in [3.63, 3.8) is 0 Å². The predicted octanol–water partition coefficient (Wildman–Crippen LogP) is 7.18. The van der Waals surface area contributed by atoms with Crippen LogP contribution in [-0.2, 0) is 6.42 Å². The maximum absolute atomic E-state index is 14.5. The van der Waals surface area contributed by atoms with Gasteiger partial charge in [0.15, 0.2) is 17.5 Å². The molecule has 0 aliphatic heterocycles. The molecule has 0 spiro atoms. The van der Waals surface area contributed by atoms with Crippen molar-refractivity contribution < 1.29 is 22.0 Å². The van der Waals surface area contributed by atoms with E-state index in [0.29, 0.717) is 36.0 Å². The van der Waals surface area contributed by atoms with Crippen LogP contribution in [0.2, 0.25) is 0 Å². The second-order valence-corrected chi connectivity index (χ2v) is 8.31. The molecule has 1 aliphatic carbocycles. The number of hydrogen-bond donors (Lipinski definition) is 0. The van der Waals surface area contributed by atoms with Crippen molar-refractivity contribution in [3.8, 4) is 11.8 Å². The molecule has 1 saturated carbocycles. The molecule has 0 heterocycles. The Labute approximate surface area is 174 Å². The zero-order valence-electron chi connectivity index (χ0n) is 17.2. The summed E-state index contributed by atoms with van der Waals surface area (Å²) in [6.45, 7) is 4.34. The molecule has 0 nitrogen and oxygen atoms in total. The van der Waals surface area contributed by atoms with E-state index in [4.69, 9.17) is 0 Å². The van der Waals surface area contributed by atoms with Crippen LogP contribution >= 0.6 is 0 Å². The summed E-state index contributed by atoms with van der Waals surface area (Å²) in [5.41, 5.74) is -0.106. The molecule has 2 aromatic carbocycles. The van der Waals surface area contributed by atoms with Gasteiger partial charge in [-0.15, -0.1) is 0 Å². The average molecular weight is 420 g/mol. The summed E-state index contributed by atoms with van der Waals surface area (Å²) in [4.78, 5) is 0. The van der Waals surface area contributed by atoms with Crippen molar-refractivity contribution in [2.24, 2.45) is 17.8 Å². The van der Waals surface area contributed by atoms with Gasteiger partial charge in [-0.25, -0.2) is 22.0 Å². The summed E-state index contributed by atoms with van der Waals surface area (Å²) in [6, 6.07) is 3.91. The van der Waals surface area contributed by atoms with Gasteiger partial charge in [0.2, 0.25) is 0 Å². The topological polar surface area (TPSA) is 0 Å². The summed E-state index contributed by atoms with van der Waals surface area (Å²) < 4.78 is 68.5. The Bertz CT molecular complexity index is 915. The Morgan fingerprint density at radius 3 is 1.93 bits per heavy atom. The first kappa shape index (κ1) is 22.3. The molecule has 0 radical (unpaired) electrons. The van der Waals surface area contributed by atoms with Gasteiger partial charge in [0.1, 0.15) is 11.6 Å². The van der Waals surface area contributed by atoms with Crippen molar-refractivity contribution in [2.45, 2.75) is 52.4 Å². The van der Waals surface area contributed by atoms with Crippen LogP contribution in [0, 0.1) is 58.7 Å². The molecule has 3 rings (SSSR count). The minimum Gasteiger partial charge on any atom is -0.206 e. The Morgan fingerprint density at radius 2 is 1.40 bits per heavy atom. The third-order valence-electron chi connectivity index (χ3n) is 6.25. The second kappa shape index (κ2) is 9.64. The maximum Gasteiger partial charge on any atom is 0.194 e. The highest BCUT2D eigenvalue weighted by atomic mass is 19.2. The van der Waals surface area contributed by atoms with Crippen LogP contribution < -0.4 is 0 Å². The SMILES string of the molecule is CCC1CCC(C(C)Cc2cc(F)c(C#Cc3cc(F)c(F)c(F)c3)c(F)c2)CC1. The second-order valence-electron chi connectivity index (χ2n) is 8.31. The van der Waals surface area contributed by atoms with E-state index in [0.717, 1.165) is 18.8 Å². The Hall–Kier alpha value is -2.35. The molecule has 0 bridgehead atoms. The lowest BCUT2D eigenvalue weighted by molar-refractivity contribution is 0.210. The standard InChI is InChI=1S/C25H25F5/c1-3-16-4-7-19(8-5-16)15(2)10-18-13-21(26)20(22(27)14-18)9-6-17-11-23(28)25(30)24(29)12-17/h11-16,19H,3-5,7-8,10H2,1-2H3. The van der Waals surface area contributed by atoms with Crippen molar-refractivity contribution in [3.05, 3.63) is 70.0 Å². The molecule has 0 amide bonds. The summed E-state index contributed by atoms with van der Waals surface area (Å²) in [5, 5.41) is 0. The largest absolute Gasteiger partial charge is 0.206 e. The van der Waals surface area contributed by atoms with Gasteiger partial charge in [-0.05, 0) is 66.8 Å². The smallest absolute Gasteiger partial charge is 0.194 e. The maximum atomic E-state index is 14.5. The molecular formula is C25H25F5. The monoisotopic (exact) mass is 420 g/mol. The lowest BCUT2D eigenvalue weighted by atomic mass is 9.74. The summed E-state index contributed by atoms with van der Waals surface area (Å²) in [6.07, 6.45) is 6.52. The van der Waals surface area contributed by atoms with Gasteiger partial charge in [0.25, 0.3) is 0 Å². The van der Waals surface area contributed by atoms with Crippen LogP contribution in [0.4, 0.5) is 22.0 Å². The van der Waals surface area contributed by atoms with Gasteiger partial charge < -0.3 is 0 Å². The van der Waals surface area contributed by atoms with Crippen LogP contribution in [0.15, 0.2) is 24.3 Å². The zero-order chi connectivity index (χ0) is 21.8. The van der Waals surface area contributed by atoms with Crippen LogP contribution in [0.3, 0.4) is 0 Å². The third-order valence-corrected chi connectivity index (χ3v) is 6.25. The first-order valence-corrected chi connectivity index (χ1v) is 10.4. The van der Waals surface area contributed by atoms with E-state index >= 15 is 0 Å². The Kier molecular flexibility index (Phi) is 7.18. The molecule has 1 unspecified atom stereocenters. The van der Waals surface area contributed by atoms with Crippen molar-refractivity contribution >= 4 is 0 Å². The minimum atomic E-state index is -1.61. The molecule has 1 aliphatic rings. The van der Waals surface area contributed by atoms with Crippen LogP contribution in [-0.4, -0.2) is 0 Å². The van der Waals surface area contributed by atoms with Crippen molar-refractivity contribution in [1.29, 1.82) is 0 Å². The number of hydrogen-bond acceptors (Lipinski definition) is 0. The molecule has 5 heteroatoms. The highest BCUT2D eigenvalue weighted by Gasteiger charge is 2.25. The molecule has 0 N–H and O–H groups in total. The van der Waals surface area contributed by atoms with Crippen molar-refractivity contribution in [1.82, 2.24) is 0 Å². The molecule has 160 valence electrons. The van der Waals surface area contributed by atoms with Gasteiger partial charge in [-0.1, -0.05) is 45.0 Å². The lowest BCUT2D eigenvalue weighted by Gasteiger charge is -2.32. The van der Waals surface area contributed by atoms with Crippen LogP contribution in [0.25, 0.3) is 0 Å². The van der Waals surface area contributed by atoms with Crippen LogP contribution in [0.1, 0.15) is 62.6 Å². The number of halogens is 5. The predicted molar refractivity (Wildman–Crippen MR) is 107 cm³/mol. The normalized spacial score (nSPS) is 19.8. The lowest BCUT2D eigenvalue weighted by Crippen LogP contribution is -2.21. The van der Waals surface area contributed by atoms with E-state index in [1.165, 1.54) is 31.4 Å². The number of benzene rings is 2. The molecule has 0 saturated heterocycles. The Balaban J connectivity index is 1.73. The van der Waals surface area contributed by atoms with E-state index in [1.54, 1.807) is 0 Å². The van der Waals surface area contributed by atoms with Gasteiger partial charge in [-0.3, -0.25) is 0 Å². The summed E-state index contributed by atoms with van der Waals surface area (Å²) in [7, 11) is 0. The fourth-order valence-electron chi connectivity index (χ4n) is 4.33. The van der Waals surface area contributed by atoms with E-state index in [9.17, 15) is 22.0 Å². The third kappa shape index (κ3) is 5.22. The average Bonchev–Trinajstić information content (AvgIpc) is 2.71. The molecule has 0 aromatic heterocycles. The molecular weight excluding hydrogens is 395 g/mol. The van der Waals surface area contributed by atoms with E-state index in [2.05, 4.69) is 25.7 Å². The van der Waals surface area contributed by atoms with Gasteiger partial charge >= 0.3 is 0 Å². The fraction of sp³-hybridized carbons (Fsp3) is 0.440. The summed E-state index contributed by atoms with van der Waals surface area (Å²) in [5.74, 6) is 0.187. The fourth-order valence-corrected chi connectivity index (χ4v) is 4.33. The van der Waals surface area contributed by atoms with Gasteiger partial charge in [0, 0.05) is 5.56 Å². The summed E-state index contributed by atoms with van der Waals surface area (Å²) >= 11 is 0. The molecule has 30 heavy (non-hydrogen) atoms. The van der Waals surface area contributed by atoms with Gasteiger partial charge in [0.05, 0.1) is 5.56 Å². The van der Waals surface area contributed by atoms with Gasteiger partial charge in [-0.2, -0.15) is 0 Å². The Morgan fingerprint density at radius 1 is 0.833 bits per heavy atom. The first-order valence-electron chi connectivity index (χ1n) is 10.4. The van der Waals surface area contributed by atoms with E-state index in [1.807, 2.05) is 0 Å². The zero-order valence-corrected chi connectivity index (χ0v) is 17.2. The van der Waals surface area contributed by atoms with E-state index in [-0.39, 0.29) is 5.56 Å². The molecule has 1 fully saturated rings. The minimum absolute atomic E-state index is 0.203. The molecule has 2 aromatic rings. The highest BCUT2D eigenvalue weighted by Crippen LogP contribution is 2.36. The quantitative estimate of drug-likeness (QED) is 0.279.